The minimum atomic E-state index is -0.448. The Morgan fingerprint density at radius 2 is 1.61 bits per heavy atom. The van der Waals surface area contributed by atoms with E-state index in [0.29, 0.717) is 16.5 Å². The van der Waals surface area contributed by atoms with Gasteiger partial charge in [0.1, 0.15) is 16.0 Å². The summed E-state index contributed by atoms with van der Waals surface area (Å²) in [4.78, 5) is 13.1. The number of rotatable bonds is 6. The predicted molar refractivity (Wildman–Crippen MR) is 138 cm³/mol. The topological polar surface area (TPSA) is 81.9 Å². The summed E-state index contributed by atoms with van der Waals surface area (Å²) < 4.78 is 0.529. The van der Waals surface area contributed by atoms with Crippen molar-refractivity contribution in [2.45, 2.75) is 12.3 Å². The number of phenolic OH excluding ortho intramolecular Hbond substituents is 2. The summed E-state index contributed by atoms with van der Waals surface area (Å²) in [5.41, 5.74) is 4.86. The zero-order valence-electron chi connectivity index (χ0n) is 17.4. The number of hydrogen-bond donors (Lipinski definition) is 3. The van der Waals surface area contributed by atoms with Crippen molar-refractivity contribution >= 4 is 54.8 Å². The van der Waals surface area contributed by atoms with E-state index in [-0.39, 0.29) is 21.9 Å². The molecule has 0 fully saturated rings. The molecule has 0 saturated heterocycles. The van der Waals surface area contributed by atoms with Crippen LogP contribution in [-0.4, -0.2) is 22.3 Å². The van der Waals surface area contributed by atoms with E-state index >= 15 is 0 Å². The number of aromatic hydroxyl groups is 2. The predicted octanol–water partition coefficient (Wildman–Crippen LogP) is 6.25. The number of halogens is 2. The van der Waals surface area contributed by atoms with E-state index in [9.17, 15) is 15.0 Å². The third-order valence-corrected chi connectivity index (χ3v) is 6.70. The smallest absolute Gasteiger partial charge is 0.247 e. The van der Waals surface area contributed by atoms with Crippen LogP contribution in [0.25, 0.3) is 10.8 Å². The maximum absolute atomic E-state index is 13.1. The summed E-state index contributed by atoms with van der Waals surface area (Å²) in [5, 5.41) is 26.4. The number of nitrogens with zero attached hydrogens (tertiary/aromatic N) is 1. The standard InChI is InChI=1S/C26H20Br2N2O3/c27-22-14-20(24(31)23(28)25(22)32)15-29-30-26(33)21(18-7-2-1-3-8-18)13-16-10-11-17-6-4-5-9-19(17)12-16/h1-12,14-15,21,31-32H,13H2,(H,30,33)/b29-15+. The Hall–Kier alpha value is -3.16. The maximum Gasteiger partial charge on any atom is 0.247 e. The average molecular weight is 568 g/mol. The minimum absolute atomic E-state index is 0.117. The summed E-state index contributed by atoms with van der Waals surface area (Å²) in [5.74, 6) is -1.00. The highest BCUT2D eigenvalue weighted by Crippen LogP contribution is 2.40. The van der Waals surface area contributed by atoms with Gasteiger partial charge in [-0.05, 0) is 66.2 Å². The number of benzene rings is 4. The molecule has 7 heteroatoms. The highest BCUT2D eigenvalue weighted by molar-refractivity contribution is 9.11. The van der Waals surface area contributed by atoms with Crippen LogP contribution >= 0.6 is 31.9 Å². The van der Waals surface area contributed by atoms with Crippen molar-refractivity contribution in [3.8, 4) is 11.5 Å². The zero-order valence-corrected chi connectivity index (χ0v) is 20.5. The van der Waals surface area contributed by atoms with Crippen LogP contribution in [-0.2, 0) is 11.2 Å². The summed E-state index contributed by atoms with van der Waals surface area (Å²) >= 11 is 6.35. The van der Waals surface area contributed by atoms with Gasteiger partial charge in [0.2, 0.25) is 5.91 Å². The Balaban J connectivity index is 1.57. The first kappa shape index (κ1) is 23.0. The monoisotopic (exact) mass is 566 g/mol. The van der Waals surface area contributed by atoms with Crippen molar-refractivity contribution in [2.75, 3.05) is 0 Å². The number of hydrazone groups is 1. The minimum Gasteiger partial charge on any atom is -0.506 e. The number of carbonyl (C=O) groups excluding carboxylic acids is 1. The second-order valence-corrected chi connectivity index (χ2v) is 9.19. The third kappa shape index (κ3) is 5.26. The molecule has 0 aliphatic carbocycles. The first-order valence-electron chi connectivity index (χ1n) is 10.2. The Labute approximate surface area is 208 Å². The summed E-state index contributed by atoms with van der Waals surface area (Å²) in [6.07, 6.45) is 1.85. The van der Waals surface area contributed by atoms with Crippen LogP contribution in [0.4, 0.5) is 0 Å². The molecule has 4 aromatic rings. The van der Waals surface area contributed by atoms with Crippen molar-refractivity contribution in [1.29, 1.82) is 0 Å². The van der Waals surface area contributed by atoms with Crippen molar-refractivity contribution in [3.05, 3.63) is 104 Å². The van der Waals surface area contributed by atoms with Gasteiger partial charge in [-0.3, -0.25) is 4.79 Å². The Bertz CT molecular complexity index is 1340. The molecule has 4 rings (SSSR count). The molecular weight excluding hydrogens is 548 g/mol. The molecule has 33 heavy (non-hydrogen) atoms. The van der Waals surface area contributed by atoms with Gasteiger partial charge in [0, 0.05) is 5.56 Å². The molecule has 4 aromatic carbocycles. The van der Waals surface area contributed by atoms with Crippen molar-refractivity contribution in [3.63, 3.8) is 0 Å². The molecule has 0 aliphatic heterocycles. The Kier molecular flexibility index (Phi) is 7.11. The average Bonchev–Trinajstić information content (AvgIpc) is 2.84. The van der Waals surface area contributed by atoms with Crippen molar-refractivity contribution in [2.24, 2.45) is 5.10 Å². The van der Waals surface area contributed by atoms with Gasteiger partial charge >= 0.3 is 0 Å². The zero-order chi connectivity index (χ0) is 23.4. The second kappa shape index (κ2) is 10.2. The fourth-order valence-electron chi connectivity index (χ4n) is 3.61. The molecule has 5 nitrogen and oxygen atoms in total. The second-order valence-electron chi connectivity index (χ2n) is 7.54. The lowest BCUT2D eigenvalue weighted by molar-refractivity contribution is -0.122. The van der Waals surface area contributed by atoms with E-state index in [1.807, 2.05) is 48.5 Å². The maximum atomic E-state index is 13.1. The number of fused-ring (bicyclic) bond motifs is 1. The van der Waals surface area contributed by atoms with E-state index in [4.69, 9.17) is 0 Å². The molecule has 0 saturated carbocycles. The molecule has 1 atom stereocenters. The van der Waals surface area contributed by atoms with E-state index in [1.54, 1.807) is 0 Å². The number of carbonyl (C=O) groups is 1. The van der Waals surface area contributed by atoms with Crippen molar-refractivity contribution in [1.82, 2.24) is 5.43 Å². The number of amides is 1. The molecule has 1 amide bonds. The molecular formula is C26H20Br2N2O3. The van der Waals surface area contributed by atoms with Gasteiger partial charge in [-0.2, -0.15) is 5.10 Å². The molecule has 0 heterocycles. The number of phenols is 2. The van der Waals surface area contributed by atoms with Gasteiger partial charge in [-0.15, -0.1) is 0 Å². The first-order chi connectivity index (χ1) is 15.9. The van der Waals surface area contributed by atoms with E-state index in [2.05, 4.69) is 66.7 Å². The third-order valence-electron chi connectivity index (χ3n) is 5.35. The van der Waals surface area contributed by atoms with Crippen LogP contribution in [0, 0.1) is 0 Å². The Morgan fingerprint density at radius 1 is 0.909 bits per heavy atom. The van der Waals surface area contributed by atoms with Crippen LogP contribution in [0.2, 0.25) is 0 Å². The molecule has 3 N–H and O–H groups in total. The van der Waals surface area contributed by atoms with E-state index in [0.717, 1.165) is 21.9 Å². The molecule has 0 bridgehead atoms. The molecule has 0 radical (unpaired) electrons. The fourth-order valence-corrected chi connectivity index (χ4v) is 4.76. The summed E-state index contributed by atoms with van der Waals surface area (Å²) in [6, 6.07) is 25.4. The number of hydrogen-bond acceptors (Lipinski definition) is 4. The SMILES string of the molecule is O=C(N/N=C/c1cc(Br)c(O)c(Br)c1O)C(Cc1ccc2ccccc2c1)c1ccccc1. The van der Waals surface area contributed by atoms with Gasteiger partial charge in [0.15, 0.2) is 0 Å². The fraction of sp³-hybridized carbons (Fsp3) is 0.0769. The van der Waals surface area contributed by atoms with Crippen LogP contribution in [0.3, 0.4) is 0 Å². The molecule has 166 valence electrons. The van der Waals surface area contributed by atoms with Gasteiger partial charge < -0.3 is 10.2 Å². The van der Waals surface area contributed by atoms with Crippen LogP contribution in [0.5, 0.6) is 11.5 Å². The van der Waals surface area contributed by atoms with Crippen LogP contribution in [0.1, 0.15) is 22.6 Å². The molecule has 0 spiro atoms. The van der Waals surface area contributed by atoms with Crippen molar-refractivity contribution < 1.29 is 15.0 Å². The Morgan fingerprint density at radius 3 is 2.36 bits per heavy atom. The van der Waals surface area contributed by atoms with E-state index in [1.165, 1.54) is 12.3 Å². The van der Waals surface area contributed by atoms with Gasteiger partial charge in [0.25, 0.3) is 0 Å². The van der Waals surface area contributed by atoms with Gasteiger partial charge in [0.05, 0.1) is 16.6 Å². The lowest BCUT2D eigenvalue weighted by Gasteiger charge is -2.16. The lowest BCUT2D eigenvalue weighted by atomic mass is 9.90. The number of nitrogens with one attached hydrogen (secondary N) is 1. The van der Waals surface area contributed by atoms with E-state index < -0.39 is 5.92 Å². The van der Waals surface area contributed by atoms with Crippen LogP contribution < -0.4 is 5.43 Å². The molecule has 0 aliphatic rings. The highest BCUT2D eigenvalue weighted by atomic mass is 79.9. The first-order valence-corrected chi connectivity index (χ1v) is 11.8. The van der Waals surface area contributed by atoms with Crippen LogP contribution in [0.15, 0.2) is 92.9 Å². The summed E-state index contributed by atoms with van der Waals surface area (Å²) in [7, 11) is 0. The molecule has 0 aromatic heterocycles. The van der Waals surface area contributed by atoms with Gasteiger partial charge in [-0.25, -0.2) is 5.43 Å². The summed E-state index contributed by atoms with van der Waals surface area (Å²) in [6.45, 7) is 0. The van der Waals surface area contributed by atoms with Gasteiger partial charge in [-0.1, -0.05) is 72.8 Å². The highest BCUT2D eigenvalue weighted by Gasteiger charge is 2.21. The molecule has 1 unspecified atom stereocenters. The largest absolute Gasteiger partial charge is 0.506 e. The quantitative estimate of drug-likeness (QED) is 0.190. The lowest BCUT2D eigenvalue weighted by Crippen LogP contribution is -2.27. The normalized spacial score (nSPS) is 12.2.